The number of ketones is 1. The van der Waals surface area contributed by atoms with E-state index in [0.29, 0.717) is 32.2 Å². The van der Waals surface area contributed by atoms with Gasteiger partial charge in [-0.05, 0) is 25.2 Å². The number of carbonyl (C=O) groups is 2. The van der Waals surface area contributed by atoms with Gasteiger partial charge in [0.25, 0.3) is 0 Å². The number of nitrogens with zero attached hydrogens (tertiary/aromatic N) is 1. The second-order valence-corrected chi connectivity index (χ2v) is 6.48. The predicted octanol–water partition coefficient (Wildman–Crippen LogP) is 1.24. The first-order valence-electron chi connectivity index (χ1n) is 6.90. The molecule has 2 saturated carbocycles. The normalized spacial score (nSPS) is 38.2. The van der Waals surface area contributed by atoms with Crippen LogP contribution in [0.1, 0.15) is 33.1 Å². The second kappa shape index (κ2) is 3.80. The van der Waals surface area contributed by atoms with Gasteiger partial charge in [0, 0.05) is 18.5 Å². The highest BCUT2D eigenvalue weighted by atomic mass is 16.5. The molecule has 1 aliphatic heterocycles. The third kappa shape index (κ3) is 1.41. The number of carbonyl (C=O) groups excluding carboxylic acids is 2. The van der Waals surface area contributed by atoms with E-state index in [9.17, 15) is 9.59 Å². The summed E-state index contributed by atoms with van der Waals surface area (Å²) in [5.74, 6) is 0.654. The Kier molecular flexibility index (Phi) is 2.56. The smallest absolute Gasteiger partial charge is 0.236 e. The summed E-state index contributed by atoms with van der Waals surface area (Å²) >= 11 is 0. The van der Waals surface area contributed by atoms with Crippen LogP contribution in [-0.4, -0.2) is 42.9 Å². The Balaban J connectivity index is 1.87. The molecule has 0 aromatic carbocycles. The number of fused-ring (bicyclic) bond motifs is 2. The molecule has 3 fully saturated rings. The molecule has 0 radical (unpaired) electrons. The molecular formula is C14H21NO3. The molecular weight excluding hydrogens is 230 g/mol. The Morgan fingerprint density at radius 3 is 2.56 bits per heavy atom. The lowest BCUT2D eigenvalue weighted by Gasteiger charge is -2.37. The van der Waals surface area contributed by atoms with Crippen LogP contribution >= 0.6 is 0 Å². The van der Waals surface area contributed by atoms with Crippen LogP contribution in [0.2, 0.25) is 0 Å². The number of rotatable bonds is 1. The van der Waals surface area contributed by atoms with E-state index in [-0.39, 0.29) is 17.1 Å². The number of morpholine rings is 1. The van der Waals surface area contributed by atoms with Gasteiger partial charge in [0.05, 0.1) is 13.2 Å². The third-order valence-corrected chi connectivity index (χ3v) is 5.26. The summed E-state index contributed by atoms with van der Waals surface area (Å²) in [6.07, 6.45) is 2.56. The maximum absolute atomic E-state index is 12.7. The minimum atomic E-state index is -0.689. The van der Waals surface area contributed by atoms with Crippen molar-refractivity contribution in [3.63, 3.8) is 0 Å². The molecule has 0 N–H and O–H groups in total. The summed E-state index contributed by atoms with van der Waals surface area (Å²) in [5.41, 5.74) is -0.994. The first-order chi connectivity index (χ1) is 8.48. The summed E-state index contributed by atoms with van der Waals surface area (Å²) in [6, 6.07) is 0. The molecule has 2 atom stereocenters. The Labute approximate surface area is 108 Å². The molecule has 1 heterocycles. The van der Waals surface area contributed by atoms with Crippen molar-refractivity contribution in [2.24, 2.45) is 16.7 Å². The predicted molar refractivity (Wildman–Crippen MR) is 66.0 cm³/mol. The molecule has 0 aromatic rings. The summed E-state index contributed by atoms with van der Waals surface area (Å²) in [7, 11) is 0. The van der Waals surface area contributed by atoms with Gasteiger partial charge >= 0.3 is 0 Å². The van der Waals surface area contributed by atoms with E-state index in [2.05, 4.69) is 0 Å². The molecule has 3 aliphatic rings. The van der Waals surface area contributed by atoms with Gasteiger partial charge < -0.3 is 9.64 Å². The minimum absolute atomic E-state index is 0.0730. The first kappa shape index (κ1) is 12.2. The minimum Gasteiger partial charge on any atom is -0.378 e. The van der Waals surface area contributed by atoms with Gasteiger partial charge in [-0.2, -0.15) is 0 Å². The van der Waals surface area contributed by atoms with Gasteiger partial charge in [-0.3, -0.25) is 9.59 Å². The lowest BCUT2D eigenvalue weighted by molar-refractivity contribution is -0.154. The van der Waals surface area contributed by atoms with Gasteiger partial charge in [-0.15, -0.1) is 0 Å². The largest absolute Gasteiger partial charge is 0.378 e. The molecule has 0 spiro atoms. The van der Waals surface area contributed by atoms with Crippen LogP contribution in [0.15, 0.2) is 0 Å². The lowest BCUT2D eigenvalue weighted by atomic mass is 9.70. The van der Waals surface area contributed by atoms with Crippen molar-refractivity contribution in [1.82, 2.24) is 4.90 Å². The second-order valence-electron chi connectivity index (χ2n) is 6.48. The van der Waals surface area contributed by atoms with E-state index in [1.165, 1.54) is 0 Å². The average molecular weight is 251 g/mol. The molecule has 2 aliphatic carbocycles. The Morgan fingerprint density at radius 1 is 1.33 bits per heavy atom. The lowest BCUT2D eigenvalue weighted by Crippen LogP contribution is -2.52. The molecule has 3 rings (SSSR count). The topological polar surface area (TPSA) is 46.6 Å². The Hall–Kier alpha value is -0.900. The average Bonchev–Trinajstić information content (AvgIpc) is 2.90. The zero-order valence-electron chi connectivity index (χ0n) is 11.2. The van der Waals surface area contributed by atoms with Gasteiger partial charge in [0.2, 0.25) is 5.91 Å². The summed E-state index contributed by atoms with van der Waals surface area (Å²) < 4.78 is 5.28. The molecule has 4 heteroatoms. The Morgan fingerprint density at radius 2 is 2.00 bits per heavy atom. The highest BCUT2D eigenvalue weighted by Gasteiger charge is 2.65. The standard InChI is InChI=1S/C14H21NO3/c1-13(2)10-3-4-14(9-10,11(13)16)12(17)15-5-7-18-8-6-15/h10H,3-9H2,1-2H3/t10-,14+/m1/s1. The van der Waals surface area contributed by atoms with Gasteiger partial charge in [-0.1, -0.05) is 13.8 Å². The van der Waals surface area contributed by atoms with Crippen LogP contribution < -0.4 is 0 Å². The van der Waals surface area contributed by atoms with Crippen molar-refractivity contribution in [3.8, 4) is 0 Å². The van der Waals surface area contributed by atoms with Crippen molar-refractivity contribution in [1.29, 1.82) is 0 Å². The molecule has 1 saturated heterocycles. The van der Waals surface area contributed by atoms with Crippen LogP contribution in [0.4, 0.5) is 0 Å². The molecule has 0 unspecified atom stereocenters. The van der Waals surface area contributed by atoms with Crippen LogP contribution in [0.5, 0.6) is 0 Å². The maximum atomic E-state index is 12.7. The molecule has 18 heavy (non-hydrogen) atoms. The number of hydrogen-bond acceptors (Lipinski definition) is 3. The SMILES string of the molecule is CC1(C)C(=O)[C@]2(C(=O)N3CCOCC3)CC[C@@H]1C2. The van der Waals surface area contributed by atoms with Gasteiger partial charge in [0.15, 0.2) is 5.78 Å². The summed E-state index contributed by atoms with van der Waals surface area (Å²) in [6.45, 7) is 6.49. The summed E-state index contributed by atoms with van der Waals surface area (Å²) in [4.78, 5) is 27.2. The van der Waals surface area contributed by atoms with Crippen LogP contribution in [-0.2, 0) is 14.3 Å². The number of amides is 1. The quantitative estimate of drug-likeness (QED) is 0.659. The van der Waals surface area contributed by atoms with Crippen molar-refractivity contribution >= 4 is 11.7 Å². The number of ether oxygens (including phenoxy) is 1. The highest BCUT2D eigenvalue weighted by Crippen LogP contribution is 2.60. The maximum Gasteiger partial charge on any atom is 0.236 e. The van der Waals surface area contributed by atoms with Crippen molar-refractivity contribution < 1.29 is 14.3 Å². The molecule has 1 amide bonds. The fraction of sp³-hybridized carbons (Fsp3) is 0.857. The molecule has 2 bridgehead atoms. The third-order valence-electron chi connectivity index (χ3n) is 5.26. The van der Waals surface area contributed by atoms with Gasteiger partial charge in [-0.25, -0.2) is 0 Å². The molecule has 4 nitrogen and oxygen atoms in total. The zero-order valence-corrected chi connectivity index (χ0v) is 11.2. The molecule has 100 valence electrons. The zero-order chi connectivity index (χ0) is 13.0. The Bertz CT molecular complexity index is 398. The number of hydrogen-bond donors (Lipinski definition) is 0. The van der Waals surface area contributed by atoms with E-state index < -0.39 is 5.41 Å². The fourth-order valence-electron chi connectivity index (χ4n) is 4.03. The van der Waals surface area contributed by atoms with E-state index in [0.717, 1.165) is 19.3 Å². The van der Waals surface area contributed by atoms with Crippen LogP contribution in [0, 0.1) is 16.7 Å². The summed E-state index contributed by atoms with van der Waals surface area (Å²) in [5, 5.41) is 0. The van der Waals surface area contributed by atoms with Crippen molar-refractivity contribution in [3.05, 3.63) is 0 Å². The van der Waals surface area contributed by atoms with E-state index in [1.54, 1.807) is 0 Å². The van der Waals surface area contributed by atoms with E-state index in [1.807, 2.05) is 18.7 Å². The van der Waals surface area contributed by atoms with E-state index in [4.69, 9.17) is 4.74 Å². The van der Waals surface area contributed by atoms with Crippen molar-refractivity contribution in [2.75, 3.05) is 26.3 Å². The van der Waals surface area contributed by atoms with Crippen LogP contribution in [0.25, 0.3) is 0 Å². The highest BCUT2D eigenvalue weighted by molar-refractivity contribution is 6.10. The first-order valence-corrected chi connectivity index (χ1v) is 6.90. The van der Waals surface area contributed by atoms with Gasteiger partial charge in [0.1, 0.15) is 5.41 Å². The molecule has 0 aromatic heterocycles. The number of Topliss-reactive ketones (excluding diaryl/α,β-unsaturated/α-hetero) is 1. The monoisotopic (exact) mass is 251 g/mol. The fourth-order valence-corrected chi connectivity index (χ4v) is 4.03. The van der Waals surface area contributed by atoms with Crippen LogP contribution in [0.3, 0.4) is 0 Å². The van der Waals surface area contributed by atoms with Crippen molar-refractivity contribution in [2.45, 2.75) is 33.1 Å². The van der Waals surface area contributed by atoms with E-state index >= 15 is 0 Å².